The van der Waals surface area contributed by atoms with Crippen molar-refractivity contribution in [2.24, 2.45) is 0 Å². The van der Waals surface area contributed by atoms with E-state index in [2.05, 4.69) is 26.8 Å². The van der Waals surface area contributed by atoms with Crippen LogP contribution in [0.1, 0.15) is 30.9 Å². The summed E-state index contributed by atoms with van der Waals surface area (Å²) in [6.45, 7) is 3.69. The van der Waals surface area contributed by atoms with Gasteiger partial charge in [-0.1, -0.05) is 37.6 Å². The van der Waals surface area contributed by atoms with E-state index in [0.717, 1.165) is 35.5 Å². The van der Waals surface area contributed by atoms with Crippen LogP contribution in [0, 0.1) is 0 Å². The zero-order valence-electron chi connectivity index (χ0n) is 19.6. The number of imidazole rings is 1. The lowest BCUT2D eigenvalue weighted by Crippen LogP contribution is -2.24. The summed E-state index contributed by atoms with van der Waals surface area (Å²) in [4.78, 5) is 28.9. The first-order valence-corrected chi connectivity index (χ1v) is 11.2. The van der Waals surface area contributed by atoms with Crippen molar-refractivity contribution >= 4 is 17.0 Å². The standard InChI is InChI=1S/C25H29N5O4/c1-4-5-14-34-25-28-22-21(26-24(31)27-22)23(29-25)30(15-17-6-10-19(32-2)11-7-17)16-18-8-12-20(33-3)13-9-18/h6-13H,4-5,14-16H2,1-3H3,(H2,26,27,28,29,31). The van der Waals surface area contributed by atoms with Crippen LogP contribution in [-0.2, 0) is 13.1 Å². The minimum Gasteiger partial charge on any atom is -0.497 e. The highest BCUT2D eigenvalue weighted by Gasteiger charge is 2.19. The molecule has 0 saturated heterocycles. The van der Waals surface area contributed by atoms with Crippen LogP contribution in [0.3, 0.4) is 0 Å². The van der Waals surface area contributed by atoms with E-state index in [9.17, 15) is 4.79 Å². The fraction of sp³-hybridized carbons (Fsp3) is 0.320. The molecule has 4 aromatic rings. The van der Waals surface area contributed by atoms with Gasteiger partial charge in [-0.15, -0.1) is 0 Å². The third-order valence-corrected chi connectivity index (χ3v) is 5.43. The van der Waals surface area contributed by atoms with Crippen molar-refractivity contribution < 1.29 is 14.2 Å². The smallest absolute Gasteiger partial charge is 0.325 e. The number of fused-ring (bicyclic) bond motifs is 1. The molecule has 0 saturated carbocycles. The molecule has 34 heavy (non-hydrogen) atoms. The largest absolute Gasteiger partial charge is 0.497 e. The molecule has 0 unspecified atom stereocenters. The van der Waals surface area contributed by atoms with Gasteiger partial charge in [0.15, 0.2) is 11.5 Å². The summed E-state index contributed by atoms with van der Waals surface area (Å²) in [7, 11) is 3.29. The molecule has 0 fully saturated rings. The summed E-state index contributed by atoms with van der Waals surface area (Å²) >= 11 is 0. The summed E-state index contributed by atoms with van der Waals surface area (Å²) < 4.78 is 16.4. The normalized spacial score (nSPS) is 10.9. The van der Waals surface area contributed by atoms with Crippen LogP contribution in [0.15, 0.2) is 53.3 Å². The molecule has 2 N–H and O–H groups in total. The van der Waals surface area contributed by atoms with Crippen LogP contribution in [0.2, 0.25) is 0 Å². The maximum Gasteiger partial charge on any atom is 0.325 e. The summed E-state index contributed by atoms with van der Waals surface area (Å²) in [6.07, 6.45) is 1.89. The van der Waals surface area contributed by atoms with Gasteiger partial charge in [-0.25, -0.2) is 4.79 Å². The van der Waals surface area contributed by atoms with Crippen molar-refractivity contribution in [3.63, 3.8) is 0 Å². The van der Waals surface area contributed by atoms with Gasteiger partial charge in [0.25, 0.3) is 0 Å². The van der Waals surface area contributed by atoms with Crippen molar-refractivity contribution in [2.75, 3.05) is 25.7 Å². The van der Waals surface area contributed by atoms with E-state index in [1.54, 1.807) is 14.2 Å². The second kappa shape index (κ2) is 10.7. The maximum absolute atomic E-state index is 12.1. The number of ether oxygens (including phenoxy) is 3. The summed E-state index contributed by atoms with van der Waals surface area (Å²) in [6, 6.07) is 16.0. The van der Waals surface area contributed by atoms with Gasteiger partial charge in [0, 0.05) is 13.1 Å². The molecule has 2 aromatic heterocycles. The summed E-state index contributed by atoms with van der Waals surface area (Å²) in [5, 5.41) is 0. The average Bonchev–Trinajstić information content (AvgIpc) is 3.24. The molecule has 0 radical (unpaired) electrons. The van der Waals surface area contributed by atoms with Gasteiger partial charge < -0.3 is 24.1 Å². The van der Waals surface area contributed by atoms with E-state index in [1.807, 2.05) is 48.5 Å². The maximum atomic E-state index is 12.1. The van der Waals surface area contributed by atoms with Crippen LogP contribution in [0.4, 0.5) is 5.82 Å². The number of hydrogen-bond donors (Lipinski definition) is 2. The molecule has 2 heterocycles. The molecule has 9 nitrogen and oxygen atoms in total. The minimum atomic E-state index is -0.342. The predicted octanol–water partition coefficient (Wildman–Crippen LogP) is 4.05. The summed E-state index contributed by atoms with van der Waals surface area (Å²) in [5.41, 5.74) is 2.73. The third-order valence-electron chi connectivity index (χ3n) is 5.43. The first-order valence-electron chi connectivity index (χ1n) is 11.2. The Morgan fingerprint density at radius 3 is 1.97 bits per heavy atom. The van der Waals surface area contributed by atoms with Gasteiger partial charge in [-0.2, -0.15) is 9.97 Å². The van der Waals surface area contributed by atoms with Crippen LogP contribution in [0.5, 0.6) is 17.5 Å². The molecule has 178 valence electrons. The van der Waals surface area contributed by atoms with E-state index >= 15 is 0 Å². The van der Waals surface area contributed by atoms with Crippen molar-refractivity contribution in [2.45, 2.75) is 32.9 Å². The molecular weight excluding hydrogens is 434 g/mol. The van der Waals surface area contributed by atoms with Crippen molar-refractivity contribution in [3.05, 3.63) is 70.1 Å². The highest BCUT2D eigenvalue weighted by molar-refractivity contribution is 5.83. The van der Waals surface area contributed by atoms with Gasteiger partial charge >= 0.3 is 11.7 Å². The molecule has 0 spiro atoms. The number of nitrogens with zero attached hydrogens (tertiary/aromatic N) is 3. The topological polar surface area (TPSA) is 105 Å². The number of anilines is 1. The van der Waals surface area contributed by atoms with Gasteiger partial charge in [-0.05, 0) is 41.8 Å². The van der Waals surface area contributed by atoms with Crippen molar-refractivity contribution in [1.29, 1.82) is 0 Å². The van der Waals surface area contributed by atoms with Crippen LogP contribution in [-0.4, -0.2) is 40.8 Å². The Labute approximate surface area is 197 Å². The fourth-order valence-corrected chi connectivity index (χ4v) is 3.60. The van der Waals surface area contributed by atoms with Crippen molar-refractivity contribution in [3.8, 4) is 17.5 Å². The quantitative estimate of drug-likeness (QED) is 0.323. The fourth-order valence-electron chi connectivity index (χ4n) is 3.60. The van der Waals surface area contributed by atoms with Gasteiger partial charge in [0.2, 0.25) is 0 Å². The second-order valence-corrected chi connectivity index (χ2v) is 7.89. The van der Waals surface area contributed by atoms with E-state index in [-0.39, 0.29) is 11.7 Å². The molecule has 0 aliphatic heterocycles. The highest BCUT2D eigenvalue weighted by atomic mass is 16.5. The number of unbranched alkanes of at least 4 members (excludes halogenated alkanes) is 1. The summed E-state index contributed by atoms with van der Waals surface area (Å²) in [5.74, 6) is 2.16. The zero-order chi connectivity index (χ0) is 23.9. The minimum absolute atomic E-state index is 0.237. The van der Waals surface area contributed by atoms with Crippen molar-refractivity contribution in [1.82, 2.24) is 19.9 Å². The first kappa shape index (κ1) is 23.2. The second-order valence-electron chi connectivity index (χ2n) is 7.89. The van der Waals surface area contributed by atoms with Gasteiger partial charge in [0.1, 0.15) is 17.0 Å². The Bertz CT molecular complexity index is 1220. The Morgan fingerprint density at radius 1 is 0.853 bits per heavy atom. The number of nitrogens with one attached hydrogen (secondary N) is 2. The Hall–Kier alpha value is -4.01. The molecule has 0 atom stereocenters. The first-order chi connectivity index (χ1) is 16.6. The third kappa shape index (κ3) is 5.48. The van der Waals surface area contributed by atoms with E-state index in [0.29, 0.717) is 36.7 Å². The lowest BCUT2D eigenvalue weighted by molar-refractivity contribution is 0.286. The van der Waals surface area contributed by atoms with E-state index < -0.39 is 0 Å². The number of H-pyrrole nitrogens is 2. The molecule has 4 rings (SSSR count). The molecule has 9 heteroatoms. The number of methoxy groups -OCH3 is 2. The lowest BCUT2D eigenvalue weighted by atomic mass is 10.1. The molecule has 0 amide bonds. The van der Waals surface area contributed by atoms with E-state index in [1.165, 1.54) is 0 Å². The lowest BCUT2D eigenvalue weighted by Gasteiger charge is -2.25. The number of hydrogen-bond acceptors (Lipinski definition) is 7. The zero-order valence-corrected chi connectivity index (χ0v) is 19.6. The molecule has 0 bridgehead atoms. The van der Waals surface area contributed by atoms with E-state index in [4.69, 9.17) is 19.2 Å². The Balaban J connectivity index is 1.74. The monoisotopic (exact) mass is 463 g/mol. The Kier molecular flexibility index (Phi) is 7.31. The number of benzene rings is 2. The van der Waals surface area contributed by atoms with Gasteiger partial charge in [-0.3, -0.25) is 4.98 Å². The average molecular weight is 464 g/mol. The number of aromatic nitrogens is 4. The van der Waals surface area contributed by atoms with Crippen LogP contribution >= 0.6 is 0 Å². The highest BCUT2D eigenvalue weighted by Crippen LogP contribution is 2.27. The Morgan fingerprint density at radius 2 is 1.44 bits per heavy atom. The molecule has 0 aliphatic carbocycles. The number of aromatic amines is 2. The predicted molar refractivity (Wildman–Crippen MR) is 131 cm³/mol. The number of rotatable bonds is 11. The van der Waals surface area contributed by atoms with Crippen LogP contribution in [0.25, 0.3) is 11.2 Å². The van der Waals surface area contributed by atoms with Gasteiger partial charge in [0.05, 0.1) is 20.8 Å². The molecule has 2 aromatic carbocycles. The van der Waals surface area contributed by atoms with Crippen LogP contribution < -0.4 is 24.8 Å². The molecular formula is C25H29N5O4. The molecule has 0 aliphatic rings. The SMILES string of the molecule is CCCCOc1nc(N(Cc2ccc(OC)cc2)Cc2ccc(OC)cc2)c2[nH]c(=O)[nH]c2n1.